The Kier molecular flexibility index (Phi) is 11.1. The van der Waals surface area contributed by atoms with E-state index in [4.69, 9.17) is 9.63 Å². The van der Waals surface area contributed by atoms with Crippen LogP contribution in [0.3, 0.4) is 0 Å². The van der Waals surface area contributed by atoms with Gasteiger partial charge >= 0.3 is 24.7 Å². The Balaban J connectivity index is 1.72. The third-order valence-electron chi connectivity index (χ3n) is 8.10. The van der Waals surface area contributed by atoms with E-state index in [2.05, 4.69) is 14.9 Å². The molecule has 1 N–H and O–H groups in total. The molecule has 8 nitrogen and oxygen atoms in total. The first-order valence-corrected chi connectivity index (χ1v) is 15.0. The average Bonchev–Trinajstić information content (AvgIpc) is 3.41. The Bertz CT molecular complexity index is 1520. The highest BCUT2D eigenvalue weighted by Crippen LogP contribution is 2.38. The van der Waals surface area contributed by atoms with Crippen molar-refractivity contribution >= 4 is 17.6 Å². The van der Waals surface area contributed by atoms with Gasteiger partial charge in [-0.25, -0.2) is 0 Å². The van der Waals surface area contributed by atoms with Gasteiger partial charge in [0.15, 0.2) is 0 Å². The summed E-state index contributed by atoms with van der Waals surface area (Å²) in [6, 6.07) is 4.72. The van der Waals surface area contributed by atoms with Crippen molar-refractivity contribution < 1.29 is 58.7 Å². The molecule has 4 rings (SSSR count). The number of rotatable bonds is 12. The minimum Gasteiger partial charge on any atom is -0.481 e. The van der Waals surface area contributed by atoms with E-state index in [0.29, 0.717) is 43.8 Å². The molecule has 17 heteroatoms. The number of aliphatic carboxylic acids is 1. The molecule has 1 saturated carbocycles. The number of hydrogen-bond donors (Lipinski definition) is 1. The van der Waals surface area contributed by atoms with Gasteiger partial charge in [-0.2, -0.15) is 31.3 Å². The maximum atomic E-state index is 13.6. The molecule has 0 radical (unpaired) electrons. The lowest BCUT2D eigenvalue weighted by Gasteiger charge is -2.34. The van der Waals surface area contributed by atoms with E-state index in [1.807, 2.05) is 11.8 Å². The number of ether oxygens (including phenoxy) is 1. The summed E-state index contributed by atoms with van der Waals surface area (Å²) in [5.74, 6) is -1.47. The quantitative estimate of drug-likeness (QED) is 0.188. The summed E-state index contributed by atoms with van der Waals surface area (Å²) < 4.78 is 130. The van der Waals surface area contributed by atoms with Crippen molar-refractivity contribution in [3.63, 3.8) is 0 Å². The average molecular weight is 697 g/mol. The highest BCUT2D eigenvalue weighted by Gasteiger charge is 2.37. The molecule has 264 valence electrons. The van der Waals surface area contributed by atoms with Gasteiger partial charge in [0.25, 0.3) is 5.95 Å². The number of aryl methyl sites for hydroxylation is 1. The molecule has 1 fully saturated rings. The van der Waals surface area contributed by atoms with Crippen LogP contribution in [0.15, 0.2) is 40.9 Å². The van der Waals surface area contributed by atoms with Gasteiger partial charge in [-0.1, -0.05) is 0 Å². The van der Waals surface area contributed by atoms with Crippen molar-refractivity contribution in [2.75, 3.05) is 22.9 Å². The molecule has 3 aromatic rings. The number of hydrogen-bond acceptors (Lipinski definition) is 7. The Morgan fingerprint density at radius 2 is 1.50 bits per heavy atom. The first kappa shape index (κ1) is 36.7. The second-order valence-electron chi connectivity index (χ2n) is 11.7. The molecule has 0 bridgehead atoms. The lowest BCUT2D eigenvalue weighted by Crippen LogP contribution is -2.33. The largest absolute Gasteiger partial charge is 0.573 e. The van der Waals surface area contributed by atoms with E-state index < -0.39 is 53.7 Å². The third kappa shape index (κ3) is 10.2. The Labute approximate surface area is 269 Å². The van der Waals surface area contributed by atoms with Crippen molar-refractivity contribution in [2.45, 2.75) is 77.8 Å². The molecular weight excluding hydrogens is 663 g/mol. The second kappa shape index (κ2) is 14.5. The maximum Gasteiger partial charge on any atom is 0.573 e. The number of benzene rings is 2. The van der Waals surface area contributed by atoms with Crippen LogP contribution >= 0.6 is 0 Å². The van der Waals surface area contributed by atoms with Gasteiger partial charge in [0.05, 0.1) is 11.1 Å². The molecule has 2 aromatic carbocycles. The van der Waals surface area contributed by atoms with Crippen LogP contribution in [0.2, 0.25) is 0 Å². The number of nitrogens with zero attached hydrogens (tertiary/aromatic N) is 4. The van der Waals surface area contributed by atoms with E-state index in [1.165, 1.54) is 17.9 Å². The van der Waals surface area contributed by atoms with Crippen LogP contribution in [0, 0.1) is 18.8 Å². The van der Waals surface area contributed by atoms with Crippen LogP contribution in [0.25, 0.3) is 0 Å². The first-order chi connectivity index (χ1) is 22.3. The first-order valence-electron chi connectivity index (χ1n) is 15.0. The van der Waals surface area contributed by atoms with E-state index in [1.54, 1.807) is 0 Å². The summed E-state index contributed by atoms with van der Waals surface area (Å²) in [5, 5.41) is 12.9. The monoisotopic (exact) mass is 696 g/mol. The highest BCUT2D eigenvalue weighted by atomic mass is 19.4. The summed E-state index contributed by atoms with van der Waals surface area (Å²) in [5.41, 5.74) is -2.83. The fourth-order valence-corrected chi connectivity index (χ4v) is 5.92. The van der Waals surface area contributed by atoms with Crippen LogP contribution in [0.1, 0.15) is 67.2 Å². The molecule has 48 heavy (non-hydrogen) atoms. The molecule has 0 unspecified atom stereocenters. The number of carboxylic acids is 1. The van der Waals surface area contributed by atoms with Crippen molar-refractivity contribution in [3.05, 3.63) is 64.5 Å². The number of anilines is 2. The Hall–Kier alpha value is -4.18. The van der Waals surface area contributed by atoms with Gasteiger partial charge < -0.3 is 24.2 Å². The Morgan fingerprint density at radius 1 is 0.896 bits per heavy atom. The normalized spacial score (nSPS) is 17.3. The maximum absolute atomic E-state index is 13.6. The van der Waals surface area contributed by atoms with Gasteiger partial charge in [0, 0.05) is 45.2 Å². The van der Waals surface area contributed by atoms with E-state index in [0.717, 1.165) is 25.0 Å². The summed E-state index contributed by atoms with van der Waals surface area (Å²) in [7, 11) is 0. The van der Waals surface area contributed by atoms with Gasteiger partial charge in [-0.05, 0) is 97.1 Å². The molecule has 1 aliphatic rings. The van der Waals surface area contributed by atoms with Crippen molar-refractivity contribution in [1.29, 1.82) is 0 Å². The summed E-state index contributed by atoms with van der Waals surface area (Å²) >= 11 is 0. The van der Waals surface area contributed by atoms with Crippen molar-refractivity contribution in [1.82, 2.24) is 10.1 Å². The molecule has 0 atom stereocenters. The lowest BCUT2D eigenvalue weighted by molar-refractivity contribution is -0.274. The van der Waals surface area contributed by atoms with Crippen LogP contribution in [-0.2, 0) is 30.2 Å². The lowest BCUT2D eigenvalue weighted by atomic mass is 9.80. The predicted molar refractivity (Wildman–Crippen MR) is 154 cm³/mol. The topological polar surface area (TPSA) is 91.9 Å². The van der Waals surface area contributed by atoms with Crippen LogP contribution in [0.5, 0.6) is 5.75 Å². The fourth-order valence-electron chi connectivity index (χ4n) is 5.92. The number of aromatic nitrogens is 2. The van der Waals surface area contributed by atoms with E-state index >= 15 is 0 Å². The minimum absolute atomic E-state index is 0.00332. The molecular formula is C31H33F9N4O4. The fraction of sp³-hybridized carbons (Fsp3) is 0.516. The summed E-state index contributed by atoms with van der Waals surface area (Å²) in [4.78, 5) is 18.3. The van der Waals surface area contributed by atoms with Crippen molar-refractivity contribution in [2.24, 2.45) is 11.8 Å². The smallest absolute Gasteiger partial charge is 0.481 e. The SMILES string of the molecule is CCN(CC1CCC(CC(=O)O)CC1)c1ccc(OC(F)(F)F)cc1CN(Cc1cc(C(F)(F)F)cc(C(F)(F)F)c1)c1noc(C)n1. The number of carboxylic acid groups (broad SMARTS) is 1. The van der Waals surface area contributed by atoms with Gasteiger partial charge in [0.2, 0.25) is 5.89 Å². The number of carbonyl (C=O) groups is 1. The number of halogens is 9. The third-order valence-corrected chi connectivity index (χ3v) is 8.10. The zero-order valence-corrected chi connectivity index (χ0v) is 25.8. The second-order valence-corrected chi connectivity index (χ2v) is 11.7. The van der Waals surface area contributed by atoms with Crippen molar-refractivity contribution in [3.8, 4) is 5.75 Å². The predicted octanol–water partition coefficient (Wildman–Crippen LogP) is 8.63. The molecule has 0 amide bonds. The molecule has 1 aliphatic carbocycles. The number of alkyl halides is 9. The zero-order valence-electron chi connectivity index (χ0n) is 25.8. The summed E-state index contributed by atoms with van der Waals surface area (Å²) in [6.45, 7) is 3.13. The zero-order chi connectivity index (χ0) is 35.4. The highest BCUT2D eigenvalue weighted by molar-refractivity contribution is 5.67. The summed E-state index contributed by atoms with van der Waals surface area (Å²) in [6.07, 6.45) is -12.3. The van der Waals surface area contributed by atoms with E-state index in [9.17, 15) is 44.3 Å². The molecule has 0 spiro atoms. The molecule has 1 aromatic heterocycles. The van der Waals surface area contributed by atoms with Gasteiger partial charge in [-0.15, -0.1) is 13.2 Å². The molecule has 1 heterocycles. The Morgan fingerprint density at radius 3 is 2.00 bits per heavy atom. The van der Waals surface area contributed by atoms with Crippen LogP contribution in [0.4, 0.5) is 51.1 Å². The van der Waals surface area contributed by atoms with Gasteiger partial charge in [0.1, 0.15) is 5.75 Å². The minimum atomic E-state index is -5.10. The molecule has 0 aliphatic heterocycles. The van der Waals surface area contributed by atoms with Crippen LogP contribution in [-0.4, -0.2) is 40.7 Å². The standard InChI is InChI=1S/C31H33F9N4O4/c1-3-43(15-20-6-4-19(5-7-20)12-27(45)46)26-9-8-25(47-31(38,39)40)13-22(26)17-44(28-41-18(2)48-42-28)16-21-10-23(29(32,33)34)14-24(11-21)30(35,36)37/h8-11,13-14,19-20H,3-7,12,15-17H2,1-2H3,(H,45,46). The molecule has 0 saturated heterocycles. The van der Waals surface area contributed by atoms with E-state index in [-0.39, 0.29) is 48.3 Å². The van der Waals surface area contributed by atoms with Crippen LogP contribution < -0.4 is 14.5 Å². The van der Waals surface area contributed by atoms with Gasteiger partial charge in [-0.3, -0.25) is 4.79 Å².